The van der Waals surface area contributed by atoms with Crippen LogP contribution in [0.2, 0.25) is 0 Å². The Labute approximate surface area is 109 Å². The van der Waals surface area contributed by atoms with Crippen LogP contribution in [0.4, 0.5) is 5.69 Å². The standard InChI is InChI=1S/C15H22N2O/c1-12-8-10-17(11-9-12)15(18)13(2)16-14-6-4-3-5-7-14/h3-7,12-13,16H,8-11H2,1-2H3. The molecular weight excluding hydrogens is 224 g/mol. The Kier molecular flexibility index (Phi) is 4.24. The highest BCUT2D eigenvalue weighted by atomic mass is 16.2. The van der Waals surface area contributed by atoms with Crippen LogP contribution in [-0.4, -0.2) is 29.9 Å². The van der Waals surface area contributed by atoms with Crippen LogP contribution in [0.5, 0.6) is 0 Å². The van der Waals surface area contributed by atoms with Gasteiger partial charge in [-0.2, -0.15) is 0 Å². The summed E-state index contributed by atoms with van der Waals surface area (Å²) < 4.78 is 0. The minimum atomic E-state index is -0.152. The molecule has 0 bridgehead atoms. The third-order valence-corrected chi connectivity index (χ3v) is 3.62. The molecule has 0 aliphatic carbocycles. The maximum Gasteiger partial charge on any atom is 0.244 e. The molecule has 0 spiro atoms. The second kappa shape index (κ2) is 5.89. The number of amides is 1. The maximum absolute atomic E-state index is 12.3. The van der Waals surface area contributed by atoms with Crippen molar-refractivity contribution in [3.05, 3.63) is 30.3 Å². The van der Waals surface area contributed by atoms with Crippen molar-refractivity contribution in [2.45, 2.75) is 32.7 Å². The molecule has 1 atom stereocenters. The van der Waals surface area contributed by atoms with E-state index in [9.17, 15) is 4.79 Å². The summed E-state index contributed by atoms with van der Waals surface area (Å²) >= 11 is 0. The Morgan fingerprint density at radius 1 is 1.28 bits per heavy atom. The first kappa shape index (κ1) is 12.9. The highest BCUT2D eigenvalue weighted by Crippen LogP contribution is 2.17. The van der Waals surface area contributed by atoms with Gasteiger partial charge in [0.2, 0.25) is 5.91 Å². The summed E-state index contributed by atoms with van der Waals surface area (Å²) in [5.74, 6) is 0.970. The first-order valence-corrected chi connectivity index (χ1v) is 6.77. The van der Waals surface area contributed by atoms with Gasteiger partial charge < -0.3 is 10.2 Å². The quantitative estimate of drug-likeness (QED) is 0.889. The first-order valence-electron chi connectivity index (χ1n) is 6.77. The Morgan fingerprint density at radius 3 is 2.50 bits per heavy atom. The van der Waals surface area contributed by atoms with E-state index in [2.05, 4.69) is 12.2 Å². The molecule has 2 rings (SSSR count). The molecule has 1 saturated heterocycles. The molecular formula is C15H22N2O. The Morgan fingerprint density at radius 2 is 1.89 bits per heavy atom. The van der Waals surface area contributed by atoms with Crippen molar-refractivity contribution in [1.29, 1.82) is 0 Å². The molecule has 0 radical (unpaired) electrons. The fourth-order valence-electron chi connectivity index (χ4n) is 2.35. The Hall–Kier alpha value is -1.51. The molecule has 3 heteroatoms. The molecule has 0 saturated carbocycles. The van der Waals surface area contributed by atoms with Gasteiger partial charge in [0.1, 0.15) is 6.04 Å². The SMILES string of the molecule is CC1CCN(C(=O)C(C)Nc2ccccc2)CC1. The van der Waals surface area contributed by atoms with E-state index in [1.807, 2.05) is 42.2 Å². The number of likely N-dealkylation sites (tertiary alicyclic amines) is 1. The number of para-hydroxylation sites is 1. The average molecular weight is 246 g/mol. The molecule has 98 valence electrons. The van der Waals surface area contributed by atoms with E-state index in [0.717, 1.165) is 37.5 Å². The fraction of sp³-hybridized carbons (Fsp3) is 0.533. The lowest BCUT2D eigenvalue weighted by molar-refractivity contribution is -0.132. The van der Waals surface area contributed by atoms with Crippen LogP contribution < -0.4 is 5.32 Å². The van der Waals surface area contributed by atoms with E-state index in [1.165, 1.54) is 0 Å². The van der Waals surface area contributed by atoms with Crippen LogP contribution >= 0.6 is 0 Å². The average Bonchev–Trinajstić information content (AvgIpc) is 2.40. The molecule has 1 aliphatic rings. The number of piperidine rings is 1. The summed E-state index contributed by atoms with van der Waals surface area (Å²) in [5.41, 5.74) is 1.00. The number of rotatable bonds is 3. The summed E-state index contributed by atoms with van der Waals surface area (Å²) in [6.07, 6.45) is 2.26. The summed E-state index contributed by atoms with van der Waals surface area (Å²) in [6.45, 7) is 6.00. The largest absolute Gasteiger partial charge is 0.374 e. The zero-order chi connectivity index (χ0) is 13.0. The van der Waals surface area contributed by atoms with E-state index in [1.54, 1.807) is 0 Å². The van der Waals surface area contributed by atoms with Gasteiger partial charge in [-0.3, -0.25) is 4.79 Å². The van der Waals surface area contributed by atoms with Gasteiger partial charge >= 0.3 is 0 Å². The predicted octanol–water partition coefficient (Wildman–Crippen LogP) is 2.75. The van der Waals surface area contributed by atoms with Crippen molar-refractivity contribution >= 4 is 11.6 Å². The molecule has 0 aromatic heterocycles. The molecule has 1 aliphatic heterocycles. The third-order valence-electron chi connectivity index (χ3n) is 3.62. The van der Waals surface area contributed by atoms with Crippen molar-refractivity contribution in [3.8, 4) is 0 Å². The number of nitrogens with zero attached hydrogens (tertiary/aromatic N) is 1. The van der Waals surface area contributed by atoms with E-state index in [0.29, 0.717) is 0 Å². The van der Waals surface area contributed by atoms with Gasteiger partial charge in [-0.15, -0.1) is 0 Å². The summed E-state index contributed by atoms with van der Waals surface area (Å²) in [4.78, 5) is 14.3. The highest BCUT2D eigenvalue weighted by molar-refractivity contribution is 5.84. The van der Waals surface area contributed by atoms with E-state index in [-0.39, 0.29) is 11.9 Å². The number of hydrogen-bond acceptors (Lipinski definition) is 2. The van der Waals surface area contributed by atoms with E-state index in [4.69, 9.17) is 0 Å². The van der Waals surface area contributed by atoms with Gasteiger partial charge in [0.15, 0.2) is 0 Å². The van der Waals surface area contributed by atoms with Crippen molar-refractivity contribution in [1.82, 2.24) is 4.90 Å². The smallest absolute Gasteiger partial charge is 0.244 e. The van der Waals surface area contributed by atoms with Crippen LogP contribution in [0.25, 0.3) is 0 Å². The van der Waals surface area contributed by atoms with Crippen molar-refractivity contribution in [2.75, 3.05) is 18.4 Å². The lowest BCUT2D eigenvalue weighted by Crippen LogP contribution is -2.45. The van der Waals surface area contributed by atoms with Gasteiger partial charge in [0.25, 0.3) is 0 Å². The van der Waals surface area contributed by atoms with Crippen molar-refractivity contribution in [3.63, 3.8) is 0 Å². The molecule has 1 amide bonds. The van der Waals surface area contributed by atoms with E-state index >= 15 is 0 Å². The second-order valence-electron chi connectivity index (χ2n) is 5.24. The lowest BCUT2D eigenvalue weighted by Gasteiger charge is -2.32. The van der Waals surface area contributed by atoms with Crippen LogP contribution in [0.1, 0.15) is 26.7 Å². The fourth-order valence-corrected chi connectivity index (χ4v) is 2.35. The second-order valence-corrected chi connectivity index (χ2v) is 5.24. The predicted molar refractivity (Wildman–Crippen MR) is 74.5 cm³/mol. The number of carbonyl (C=O) groups is 1. The number of anilines is 1. The van der Waals surface area contributed by atoms with Crippen molar-refractivity contribution in [2.24, 2.45) is 5.92 Å². The molecule has 1 unspecified atom stereocenters. The zero-order valence-electron chi connectivity index (χ0n) is 11.2. The van der Waals surface area contributed by atoms with Crippen LogP contribution in [0.15, 0.2) is 30.3 Å². The molecule has 1 heterocycles. The van der Waals surface area contributed by atoms with Crippen LogP contribution in [-0.2, 0) is 4.79 Å². The van der Waals surface area contributed by atoms with Crippen LogP contribution in [0, 0.1) is 5.92 Å². The van der Waals surface area contributed by atoms with E-state index < -0.39 is 0 Å². The van der Waals surface area contributed by atoms with Gasteiger partial charge in [-0.05, 0) is 37.8 Å². The molecule has 1 aromatic rings. The monoisotopic (exact) mass is 246 g/mol. The minimum absolute atomic E-state index is 0.152. The lowest BCUT2D eigenvalue weighted by atomic mass is 9.99. The normalized spacial score (nSPS) is 18.4. The molecule has 1 aromatic carbocycles. The van der Waals surface area contributed by atoms with Gasteiger partial charge in [-0.25, -0.2) is 0 Å². The Balaban J connectivity index is 1.89. The number of hydrogen-bond donors (Lipinski definition) is 1. The van der Waals surface area contributed by atoms with Gasteiger partial charge in [0.05, 0.1) is 0 Å². The number of benzene rings is 1. The Bertz CT molecular complexity index is 383. The maximum atomic E-state index is 12.3. The van der Waals surface area contributed by atoms with Crippen molar-refractivity contribution < 1.29 is 4.79 Å². The molecule has 1 fully saturated rings. The van der Waals surface area contributed by atoms with Gasteiger partial charge in [0, 0.05) is 18.8 Å². The number of nitrogens with one attached hydrogen (secondary N) is 1. The summed E-state index contributed by atoms with van der Waals surface area (Å²) in [7, 11) is 0. The topological polar surface area (TPSA) is 32.3 Å². The minimum Gasteiger partial charge on any atom is -0.374 e. The third kappa shape index (κ3) is 3.25. The first-order chi connectivity index (χ1) is 8.66. The highest BCUT2D eigenvalue weighted by Gasteiger charge is 2.24. The molecule has 1 N–H and O–H groups in total. The zero-order valence-corrected chi connectivity index (χ0v) is 11.2. The van der Waals surface area contributed by atoms with Crippen LogP contribution in [0.3, 0.4) is 0 Å². The molecule has 18 heavy (non-hydrogen) atoms. The van der Waals surface area contributed by atoms with Gasteiger partial charge in [-0.1, -0.05) is 25.1 Å². The summed E-state index contributed by atoms with van der Waals surface area (Å²) in [6, 6.07) is 9.75. The molecule has 3 nitrogen and oxygen atoms in total. The summed E-state index contributed by atoms with van der Waals surface area (Å²) in [5, 5.41) is 3.26. The number of carbonyl (C=O) groups excluding carboxylic acids is 1.